The van der Waals surface area contributed by atoms with Crippen molar-refractivity contribution in [2.75, 3.05) is 20.2 Å². The minimum absolute atomic E-state index is 0.164. The standard InChI is InChI=1S/C14H20FNO/c1-11-5-7-16(8-6-11)10-12-3-4-13(17-2)9-14(12)15/h3-4,9,11H,5-8,10H2,1-2H3. The van der Waals surface area contributed by atoms with Crippen LogP contribution in [-0.2, 0) is 6.54 Å². The summed E-state index contributed by atoms with van der Waals surface area (Å²) in [6, 6.07) is 5.11. The van der Waals surface area contributed by atoms with Crippen LogP contribution in [0.4, 0.5) is 4.39 Å². The van der Waals surface area contributed by atoms with Crippen LogP contribution in [-0.4, -0.2) is 25.1 Å². The highest BCUT2D eigenvalue weighted by atomic mass is 19.1. The zero-order valence-electron chi connectivity index (χ0n) is 10.6. The number of benzene rings is 1. The maximum atomic E-state index is 13.8. The van der Waals surface area contributed by atoms with Crippen molar-refractivity contribution in [3.63, 3.8) is 0 Å². The molecule has 0 aromatic heterocycles. The van der Waals surface area contributed by atoms with Crippen LogP contribution in [0.3, 0.4) is 0 Å². The van der Waals surface area contributed by atoms with E-state index in [1.54, 1.807) is 7.11 Å². The maximum absolute atomic E-state index is 13.8. The first-order chi connectivity index (χ1) is 8.19. The molecule has 17 heavy (non-hydrogen) atoms. The van der Waals surface area contributed by atoms with Crippen LogP contribution < -0.4 is 4.74 Å². The van der Waals surface area contributed by atoms with Crippen LogP contribution in [0, 0.1) is 11.7 Å². The summed E-state index contributed by atoms with van der Waals surface area (Å²) in [4.78, 5) is 2.32. The summed E-state index contributed by atoms with van der Waals surface area (Å²) < 4.78 is 18.8. The Kier molecular flexibility index (Phi) is 4.00. The lowest BCUT2D eigenvalue weighted by Gasteiger charge is -2.30. The summed E-state index contributed by atoms with van der Waals surface area (Å²) in [7, 11) is 1.56. The first-order valence-corrected chi connectivity index (χ1v) is 6.24. The summed E-state index contributed by atoms with van der Waals surface area (Å²) in [6.07, 6.45) is 2.44. The predicted molar refractivity (Wildman–Crippen MR) is 66.6 cm³/mol. The molecule has 0 amide bonds. The number of methoxy groups -OCH3 is 1. The monoisotopic (exact) mass is 237 g/mol. The number of halogens is 1. The van der Waals surface area contributed by atoms with Crippen molar-refractivity contribution in [1.29, 1.82) is 0 Å². The molecular weight excluding hydrogens is 217 g/mol. The lowest BCUT2D eigenvalue weighted by atomic mass is 9.99. The molecule has 0 bridgehead atoms. The molecule has 0 atom stereocenters. The molecule has 1 saturated heterocycles. The molecule has 0 spiro atoms. The van der Waals surface area contributed by atoms with Crippen molar-refractivity contribution >= 4 is 0 Å². The molecule has 1 aliphatic rings. The molecule has 1 aromatic rings. The molecule has 0 aliphatic carbocycles. The number of rotatable bonds is 3. The highest BCUT2D eigenvalue weighted by Gasteiger charge is 2.17. The van der Waals surface area contributed by atoms with Crippen molar-refractivity contribution in [2.45, 2.75) is 26.3 Å². The Morgan fingerprint density at radius 3 is 2.65 bits per heavy atom. The van der Waals surface area contributed by atoms with Crippen molar-refractivity contribution in [1.82, 2.24) is 4.90 Å². The molecule has 2 rings (SSSR count). The third-order valence-electron chi connectivity index (χ3n) is 3.53. The summed E-state index contributed by atoms with van der Waals surface area (Å²) in [5.41, 5.74) is 0.764. The van der Waals surface area contributed by atoms with Gasteiger partial charge in [0.15, 0.2) is 0 Å². The second kappa shape index (κ2) is 5.50. The Labute approximate surface area is 102 Å². The van der Waals surface area contributed by atoms with Crippen molar-refractivity contribution in [3.05, 3.63) is 29.6 Å². The Balaban J connectivity index is 1.99. The number of likely N-dealkylation sites (tertiary alicyclic amines) is 1. The minimum Gasteiger partial charge on any atom is -0.497 e. The van der Waals surface area contributed by atoms with Crippen LogP contribution in [0.25, 0.3) is 0 Å². The summed E-state index contributed by atoms with van der Waals surface area (Å²) in [5.74, 6) is 1.23. The lowest BCUT2D eigenvalue weighted by Crippen LogP contribution is -2.32. The number of hydrogen-bond donors (Lipinski definition) is 0. The van der Waals surface area contributed by atoms with E-state index < -0.39 is 0 Å². The first-order valence-electron chi connectivity index (χ1n) is 6.24. The van der Waals surface area contributed by atoms with Gasteiger partial charge in [-0.25, -0.2) is 4.39 Å². The number of piperidine rings is 1. The fraction of sp³-hybridized carbons (Fsp3) is 0.571. The molecule has 1 aromatic carbocycles. The van der Waals surface area contributed by atoms with Gasteiger partial charge in [0.25, 0.3) is 0 Å². The second-order valence-corrected chi connectivity index (χ2v) is 4.92. The zero-order chi connectivity index (χ0) is 12.3. The van der Waals surface area contributed by atoms with Gasteiger partial charge in [0.05, 0.1) is 7.11 Å². The average molecular weight is 237 g/mol. The van der Waals surface area contributed by atoms with E-state index >= 15 is 0 Å². The normalized spacial score (nSPS) is 18.3. The van der Waals surface area contributed by atoms with Crippen molar-refractivity contribution < 1.29 is 9.13 Å². The van der Waals surface area contributed by atoms with Gasteiger partial charge in [0.1, 0.15) is 11.6 Å². The topological polar surface area (TPSA) is 12.5 Å². The van der Waals surface area contributed by atoms with Crippen molar-refractivity contribution in [3.8, 4) is 5.75 Å². The molecule has 0 saturated carbocycles. The predicted octanol–water partition coefficient (Wildman–Crippen LogP) is 3.07. The van der Waals surface area contributed by atoms with E-state index in [-0.39, 0.29) is 5.82 Å². The zero-order valence-corrected chi connectivity index (χ0v) is 10.6. The molecule has 0 radical (unpaired) electrons. The fourth-order valence-electron chi connectivity index (χ4n) is 2.24. The van der Waals surface area contributed by atoms with E-state index in [1.807, 2.05) is 12.1 Å². The van der Waals surface area contributed by atoms with Crippen LogP contribution in [0.2, 0.25) is 0 Å². The highest BCUT2D eigenvalue weighted by molar-refractivity contribution is 5.28. The summed E-state index contributed by atoms with van der Waals surface area (Å²) in [5, 5.41) is 0. The third-order valence-corrected chi connectivity index (χ3v) is 3.53. The van der Waals surface area contributed by atoms with E-state index in [0.29, 0.717) is 12.3 Å². The largest absolute Gasteiger partial charge is 0.497 e. The molecule has 0 N–H and O–H groups in total. The van der Waals surface area contributed by atoms with Crippen LogP contribution in [0.15, 0.2) is 18.2 Å². The fourth-order valence-corrected chi connectivity index (χ4v) is 2.24. The third kappa shape index (κ3) is 3.19. The van der Waals surface area contributed by atoms with Gasteiger partial charge >= 0.3 is 0 Å². The van der Waals surface area contributed by atoms with Gasteiger partial charge in [-0.05, 0) is 37.9 Å². The van der Waals surface area contributed by atoms with Crippen LogP contribution in [0.5, 0.6) is 5.75 Å². The molecule has 1 heterocycles. The van der Waals surface area contributed by atoms with Crippen LogP contribution >= 0.6 is 0 Å². The first kappa shape index (κ1) is 12.4. The van der Waals surface area contributed by atoms with E-state index in [9.17, 15) is 4.39 Å². The average Bonchev–Trinajstić information content (AvgIpc) is 2.34. The van der Waals surface area contributed by atoms with Gasteiger partial charge < -0.3 is 4.74 Å². The minimum atomic E-state index is -0.164. The Hall–Kier alpha value is -1.09. The SMILES string of the molecule is COc1ccc(CN2CCC(C)CC2)c(F)c1. The van der Waals surface area contributed by atoms with Crippen molar-refractivity contribution in [2.24, 2.45) is 5.92 Å². The molecule has 3 heteroatoms. The Morgan fingerprint density at radius 2 is 2.06 bits per heavy atom. The molecular formula is C14H20FNO. The molecule has 2 nitrogen and oxygen atoms in total. The Morgan fingerprint density at radius 1 is 1.35 bits per heavy atom. The smallest absolute Gasteiger partial charge is 0.131 e. The van der Waals surface area contributed by atoms with Gasteiger partial charge in [-0.3, -0.25) is 4.90 Å². The van der Waals surface area contributed by atoms with E-state index in [1.165, 1.54) is 18.9 Å². The highest BCUT2D eigenvalue weighted by Crippen LogP contribution is 2.21. The van der Waals surface area contributed by atoms with Gasteiger partial charge in [-0.2, -0.15) is 0 Å². The molecule has 94 valence electrons. The Bertz CT molecular complexity index is 372. The summed E-state index contributed by atoms with van der Waals surface area (Å²) in [6.45, 7) is 5.15. The van der Waals surface area contributed by atoms with Gasteiger partial charge in [-0.15, -0.1) is 0 Å². The van der Waals surface area contributed by atoms with E-state index in [0.717, 1.165) is 24.6 Å². The quantitative estimate of drug-likeness (QED) is 0.801. The molecule has 1 aliphatic heterocycles. The number of nitrogens with zero attached hydrogens (tertiary/aromatic N) is 1. The van der Waals surface area contributed by atoms with Gasteiger partial charge in [-0.1, -0.05) is 13.0 Å². The number of hydrogen-bond acceptors (Lipinski definition) is 2. The maximum Gasteiger partial charge on any atom is 0.131 e. The van der Waals surface area contributed by atoms with Gasteiger partial charge in [0.2, 0.25) is 0 Å². The summed E-state index contributed by atoms with van der Waals surface area (Å²) >= 11 is 0. The molecule has 0 unspecified atom stereocenters. The van der Waals surface area contributed by atoms with E-state index in [2.05, 4.69) is 11.8 Å². The number of ether oxygens (including phenoxy) is 1. The lowest BCUT2D eigenvalue weighted by molar-refractivity contribution is 0.183. The van der Waals surface area contributed by atoms with Crippen LogP contribution in [0.1, 0.15) is 25.3 Å². The van der Waals surface area contributed by atoms with Gasteiger partial charge in [0, 0.05) is 18.2 Å². The van der Waals surface area contributed by atoms with E-state index in [4.69, 9.17) is 4.74 Å². The second-order valence-electron chi connectivity index (χ2n) is 4.92. The molecule has 1 fully saturated rings.